The summed E-state index contributed by atoms with van der Waals surface area (Å²) in [6.45, 7) is -0.0362. The minimum Gasteiger partial charge on any atom is -0.483 e. The average molecular weight is 288 g/mol. The minimum absolute atomic E-state index is 0.0362. The molecule has 0 aliphatic carbocycles. The number of hydrogen-bond donors (Lipinski definition) is 1. The number of aromatic nitrogens is 2. The molecular formula is C15H10F2N2O2. The normalized spacial score (nSPS) is 10.8. The van der Waals surface area contributed by atoms with Crippen molar-refractivity contribution in [1.29, 1.82) is 0 Å². The van der Waals surface area contributed by atoms with Gasteiger partial charge in [0.15, 0.2) is 17.9 Å². The van der Waals surface area contributed by atoms with E-state index in [-0.39, 0.29) is 24.2 Å². The van der Waals surface area contributed by atoms with Crippen LogP contribution in [0.25, 0.3) is 11.0 Å². The van der Waals surface area contributed by atoms with E-state index in [1.54, 1.807) is 0 Å². The number of fused-ring (bicyclic) bond motifs is 1. The van der Waals surface area contributed by atoms with E-state index in [4.69, 9.17) is 4.74 Å². The Morgan fingerprint density at radius 3 is 2.76 bits per heavy atom. The number of ether oxygens (including phenoxy) is 1. The van der Waals surface area contributed by atoms with Crippen molar-refractivity contribution in [2.75, 3.05) is 0 Å². The van der Waals surface area contributed by atoms with E-state index in [1.807, 2.05) is 24.3 Å². The first-order valence-corrected chi connectivity index (χ1v) is 6.18. The fraction of sp³-hybridized carbons (Fsp3) is 0.0667. The number of benzene rings is 2. The Morgan fingerprint density at radius 2 is 2.00 bits per heavy atom. The van der Waals surface area contributed by atoms with Gasteiger partial charge in [0.1, 0.15) is 18.2 Å². The average Bonchev–Trinajstić information content (AvgIpc) is 2.90. The molecule has 0 amide bonds. The van der Waals surface area contributed by atoms with Crippen LogP contribution >= 0.6 is 0 Å². The van der Waals surface area contributed by atoms with E-state index in [0.29, 0.717) is 5.82 Å². The zero-order valence-electron chi connectivity index (χ0n) is 10.8. The fourth-order valence-corrected chi connectivity index (χ4v) is 1.97. The predicted molar refractivity (Wildman–Crippen MR) is 72.2 cm³/mol. The Hall–Kier alpha value is -2.76. The van der Waals surface area contributed by atoms with Crippen LogP contribution < -0.4 is 4.74 Å². The number of carbonyl (C=O) groups is 1. The van der Waals surface area contributed by atoms with E-state index < -0.39 is 11.6 Å². The molecule has 0 aliphatic heterocycles. The number of carbonyl (C=O) groups excluding carboxylic acids is 1. The number of hydrogen-bond acceptors (Lipinski definition) is 3. The maximum Gasteiger partial charge on any atom is 0.166 e. The molecule has 0 bridgehead atoms. The van der Waals surface area contributed by atoms with Gasteiger partial charge in [-0.1, -0.05) is 12.1 Å². The van der Waals surface area contributed by atoms with Crippen LogP contribution in [-0.2, 0) is 6.61 Å². The van der Waals surface area contributed by atoms with Crippen LogP contribution in [0.5, 0.6) is 5.75 Å². The van der Waals surface area contributed by atoms with Crippen molar-refractivity contribution in [2.45, 2.75) is 6.61 Å². The quantitative estimate of drug-likeness (QED) is 0.750. The van der Waals surface area contributed by atoms with E-state index in [9.17, 15) is 13.6 Å². The number of nitrogens with zero attached hydrogens (tertiary/aromatic N) is 1. The number of halogens is 2. The zero-order valence-corrected chi connectivity index (χ0v) is 10.8. The lowest BCUT2D eigenvalue weighted by Gasteiger charge is -2.06. The summed E-state index contributed by atoms with van der Waals surface area (Å²) in [4.78, 5) is 17.8. The van der Waals surface area contributed by atoms with Crippen molar-refractivity contribution in [2.24, 2.45) is 0 Å². The highest BCUT2D eigenvalue weighted by molar-refractivity contribution is 5.75. The van der Waals surface area contributed by atoms with Gasteiger partial charge in [-0.05, 0) is 18.2 Å². The lowest BCUT2D eigenvalue weighted by Crippen LogP contribution is -2.01. The van der Waals surface area contributed by atoms with Crippen molar-refractivity contribution in [1.82, 2.24) is 9.97 Å². The largest absolute Gasteiger partial charge is 0.483 e. The Kier molecular flexibility index (Phi) is 3.35. The van der Waals surface area contributed by atoms with E-state index in [0.717, 1.165) is 23.2 Å². The third-order valence-electron chi connectivity index (χ3n) is 2.98. The summed E-state index contributed by atoms with van der Waals surface area (Å²) in [5, 5.41) is 0. The van der Waals surface area contributed by atoms with Gasteiger partial charge < -0.3 is 9.72 Å². The molecule has 0 atom stereocenters. The molecule has 0 saturated heterocycles. The topological polar surface area (TPSA) is 55.0 Å². The Bertz CT molecular complexity index is 782. The van der Waals surface area contributed by atoms with Crippen LogP contribution in [0.4, 0.5) is 8.78 Å². The molecule has 2 aromatic carbocycles. The van der Waals surface area contributed by atoms with Gasteiger partial charge in [0, 0.05) is 6.07 Å². The number of aromatic amines is 1. The molecule has 1 heterocycles. The molecule has 3 aromatic rings. The van der Waals surface area contributed by atoms with E-state index >= 15 is 0 Å². The van der Waals surface area contributed by atoms with Crippen LogP contribution in [0.3, 0.4) is 0 Å². The van der Waals surface area contributed by atoms with Crippen LogP contribution in [0.2, 0.25) is 0 Å². The fourth-order valence-electron chi connectivity index (χ4n) is 1.97. The smallest absolute Gasteiger partial charge is 0.166 e. The Balaban J connectivity index is 1.81. The molecule has 0 fully saturated rings. The number of H-pyrrole nitrogens is 1. The Morgan fingerprint density at radius 1 is 1.19 bits per heavy atom. The molecule has 0 spiro atoms. The molecule has 0 saturated carbocycles. The van der Waals surface area contributed by atoms with Gasteiger partial charge in [0.05, 0.1) is 16.6 Å². The number of para-hydroxylation sites is 2. The predicted octanol–water partition coefficient (Wildman–Crippen LogP) is 3.23. The van der Waals surface area contributed by atoms with Gasteiger partial charge in [0.2, 0.25) is 0 Å². The lowest BCUT2D eigenvalue weighted by molar-refractivity contribution is 0.111. The van der Waals surface area contributed by atoms with Crippen molar-refractivity contribution in [3.8, 4) is 5.75 Å². The number of imidazole rings is 1. The van der Waals surface area contributed by atoms with E-state index in [1.165, 1.54) is 0 Å². The summed E-state index contributed by atoms with van der Waals surface area (Å²) in [5.41, 5.74) is 1.25. The van der Waals surface area contributed by atoms with Gasteiger partial charge in [0.25, 0.3) is 0 Å². The van der Waals surface area contributed by atoms with Crippen molar-refractivity contribution in [3.63, 3.8) is 0 Å². The van der Waals surface area contributed by atoms with E-state index in [2.05, 4.69) is 9.97 Å². The standard InChI is InChI=1S/C15H10F2N2O2/c16-10-6-14(11(17)5-9(10)7-20)21-8-15-18-12-3-1-2-4-13(12)19-15/h1-7H,8H2,(H,18,19). The second kappa shape index (κ2) is 5.32. The van der Waals surface area contributed by atoms with Crippen molar-refractivity contribution < 1.29 is 18.3 Å². The molecule has 0 unspecified atom stereocenters. The molecule has 6 heteroatoms. The van der Waals surface area contributed by atoms with Gasteiger partial charge >= 0.3 is 0 Å². The van der Waals surface area contributed by atoms with Gasteiger partial charge in [-0.25, -0.2) is 13.8 Å². The second-order valence-electron chi connectivity index (χ2n) is 4.41. The Labute approximate surface area is 118 Å². The molecule has 1 aromatic heterocycles. The van der Waals surface area contributed by atoms with Gasteiger partial charge in [-0.3, -0.25) is 4.79 Å². The monoisotopic (exact) mass is 288 g/mol. The summed E-state index contributed by atoms with van der Waals surface area (Å²) in [6.07, 6.45) is 0.251. The summed E-state index contributed by atoms with van der Waals surface area (Å²) >= 11 is 0. The van der Waals surface area contributed by atoms with Gasteiger partial charge in [-0.15, -0.1) is 0 Å². The first-order valence-electron chi connectivity index (χ1n) is 6.18. The highest BCUT2D eigenvalue weighted by Crippen LogP contribution is 2.22. The number of aldehydes is 1. The lowest BCUT2D eigenvalue weighted by atomic mass is 10.2. The SMILES string of the molecule is O=Cc1cc(F)c(OCc2nc3ccccc3[nH]2)cc1F. The highest BCUT2D eigenvalue weighted by atomic mass is 19.1. The van der Waals surface area contributed by atoms with Crippen LogP contribution in [0.15, 0.2) is 36.4 Å². The van der Waals surface area contributed by atoms with Crippen molar-refractivity contribution >= 4 is 17.3 Å². The maximum atomic E-state index is 13.6. The van der Waals surface area contributed by atoms with Crippen LogP contribution in [0.1, 0.15) is 16.2 Å². The van der Waals surface area contributed by atoms with Crippen LogP contribution in [0, 0.1) is 11.6 Å². The molecule has 3 rings (SSSR count). The maximum absolute atomic E-state index is 13.6. The van der Waals surface area contributed by atoms with Crippen molar-refractivity contribution in [3.05, 3.63) is 59.4 Å². The number of nitrogens with one attached hydrogen (secondary N) is 1. The molecule has 21 heavy (non-hydrogen) atoms. The van der Waals surface area contributed by atoms with Gasteiger partial charge in [-0.2, -0.15) is 0 Å². The third-order valence-corrected chi connectivity index (χ3v) is 2.98. The summed E-state index contributed by atoms with van der Waals surface area (Å²) < 4.78 is 32.3. The molecule has 4 nitrogen and oxygen atoms in total. The zero-order chi connectivity index (χ0) is 14.8. The minimum atomic E-state index is -0.828. The molecule has 1 N–H and O–H groups in total. The summed E-state index contributed by atoms with van der Waals surface area (Å²) in [5.74, 6) is -1.39. The number of rotatable bonds is 4. The summed E-state index contributed by atoms with van der Waals surface area (Å²) in [7, 11) is 0. The molecule has 106 valence electrons. The third kappa shape index (κ3) is 2.60. The first kappa shape index (κ1) is 13.2. The summed E-state index contributed by atoms with van der Waals surface area (Å²) in [6, 6.07) is 9.04. The molecule has 0 radical (unpaired) electrons. The first-order chi connectivity index (χ1) is 10.2. The second-order valence-corrected chi connectivity index (χ2v) is 4.41. The molecule has 0 aliphatic rings. The highest BCUT2D eigenvalue weighted by Gasteiger charge is 2.11. The molecular weight excluding hydrogens is 278 g/mol. The van der Waals surface area contributed by atoms with Crippen LogP contribution in [-0.4, -0.2) is 16.3 Å².